The molecule has 0 unspecified atom stereocenters. The van der Waals surface area contributed by atoms with Gasteiger partial charge in [-0.3, -0.25) is 10.1 Å². The van der Waals surface area contributed by atoms with Crippen LogP contribution in [0, 0.1) is 16.0 Å². The number of hydrogen-bond donors (Lipinski definition) is 0. The highest BCUT2D eigenvalue weighted by Crippen LogP contribution is 2.29. The summed E-state index contributed by atoms with van der Waals surface area (Å²) in [5, 5.41) is 13.8. The zero-order valence-electron chi connectivity index (χ0n) is 8.28. The van der Waals surface area contributed by atoms with E-state index in [9.17, 15) is 14.9 Å². The van der Waals surface area contributed by atoms with Gasteiger partial charge in [0.1, 0.15) is 0 Å². The Kier molecular flexibility index (Phi) is 2.67. The van der Waals surface area contributed by atoms with Crippen LogP contribution in [0.3, 0.4) is 0 Å². The molecule has 1 aliphatic rings. The molecule has 0 bridgehead atoms. The molecule has 16 heavy (non-hydrogen) atoms. The summed E-state index contributed by atoms with van der Waals surface area (Å²) < 4.78 is 0. The lowest BCUT2D eigenvalue weighted by atomic mass is 10.4. The third-order valence-corrected chi connectivity index (χ3v) is 2.06. The largest absolute Gasteiger partial charge is 0.337 e. The molecule has 1 aromatic rings. The zero-order valence-corrected chi connectivity index (χ0v) is 8.28. The maximum absolute atomic E-state index is 11.2. The minimum Gasteiger partial charge on any atom is -0.319 e. The molecule has 1 heterocycles. The number of carbonyl (C=O) groups excluding carboxylic acids is 1. The summed E-state index contributed by atoms with van der Waals surface area (Å²) in [6.07, 6.45) is 6.56. The number of hydrogen-bond acceptors (Lipinski definition) is 5. The van der Waals surface area contributed by atoms with E-state index in [0.717, 1.165) is 23.9 Å². The van der Waals surface area contributed by atoms with Gasteiger partial charge in [-0.2, -0.15) is 0 Å². The normalized spacial score (nSPS) is 15.2. The number of nitro groups is 1. The first-order chi connectivity index (χ1) is 7.65. The first kappa shape index (κ1) is 10.3. The van der Waals surface area contributed by atoms with Crippen LogP contribution in [-0.4, -0.2) is 20.8 Å². The van der Waals surface area contributed by atoms with Crippen molar-refractivity contribution in [2.24, 2.45) is 5.92 Å². The Morgan fingerprint density at radius 3 is 3.06 bits per heavy atom. The molecule has 0 aromatic carbocycles. The number of rotatable bonds is 4. The molecule has 1 fully saturated rings. The van der Waals surface area contributed by atoms with Crippen LogP contribution in [0.1, 0.15) is 18.4 Å². The molecule has 1 saturated carbocycles. The highest BCUT2D eigenvalue weighted by molar-refractivity contribution is 5.75. The van der Waals surface area contributed by atoms with E-state index in [-0.39, 0.29) is 11.9 Å². The van der Waals surface area contributed by atoms with Crippen molar-refractivity contribution in [2.45, 2.75) is 12.8 Å². The fourth-order valence-electron chi connectivity index (χ4n) is 1.09. The van der Waals surface area contributed by atoms with E-state index in [1.807, 2.05) is 0 Å². The third-order valence-electron chi connectivity index (χ3n) is 2.06. The minimum atomic E-state index is -0.576. The van der Waals surface area contributed by atoms with Crippen LogP contribution in [-0.2, 0) is 4.79 Å². The smallest absolute Gasteiger partial charge is 0.319 e. The molecule has 7 nitrogen and oxygen atoms in total. The van der Waals surface area contributed by atoms with Gasteiger partial charge in [0.2, 0.25) is 6.20 Å². The average Bonchev–Trinajstić information content (AvgIpc) is 2.98. The molecule has 0 radical (unpaired) electrons. The number of nitrogens with zero attached hydrogens (tertiary/aromatic N) is 3. The Balaban J connectivity index is 1.96. The van der Waals surface area contributed by atoms with E-state index in [4.69, 9.17) is 4.84 Å². The van der Waals surface area contributed by atoms with Crippen LogP contribution < -0.4 is 4.84 Å². The van der Waals surface area contributed by atoms with Crippen LogP contribution in [0.2, 0.25) is 0 Å². The van der Waals surface area contributed by atoms with Gasteiger partial charge in [0, 0.05) is 11.6 Å². The van der Waals surface area contributed by atoms with E-state index in [1.54, 1.807) is 0 Å². The molecule has 1 aliphatic carbocycles. The summed E-state index contributed by atoms with van der Waals surface area (Å²) in [6, 6.07) is 0. The van der Waals surface area contributed by atoms with E-state index in [1.165, 1.54) is 18.5 Å². The second kappa shape index (κ2) is 4.13. The van der Waals surface area contributed by atoms with Crippen LogP contribution >= 0.6 is 0 Å². The summed E-state index contributed by atoms with van der Waals surface area (Å²) in [4.78, 5) is 26.6. The number of carbonyl (C=O) groups is 1. The summed E-state index contributed by atoms with van der Waals surface area (Å²) in [5.41, 5.74) is 0.500. The molecule has 0 saturated heterocycles. The fourth-order valence-corrected chi connectivity index (χ4v) is 1.09. The molecule has 0 aliphatic heterocycles. The Hall–Kier alpha value is -2.18. The van der Waals surface area contributed by atoms with Gasteiger partial charge in [-0.15, -0.1) is 5.10 Å². The first-order valence-corrected chi connectivity index (χ1v) is 4.74. The maximum Gasteiger partial charge on any atom is 0.337 e. The summed E-state index contributed by atoms with van der Waals surface area (Å²) in [6.45, 7) is 0. The molecule has 1 aromatic heterocycles. The van der Waals surface area contributed by atoms with Crippen LogP contribution in [0.5, 0.6) is 0 Å². The van der Waals surface area contributed by atoms with Crippen molar-refractivity contribution in [3.63, 3.8) is 0 Å². The van der Waals surface area contributed by atoms with Crippen molar-refractivity contribution in [2.75, 3.05) is 0 Å². The van der Waals surface area contributed by atoms with Gasteiger partial charge >= 0.3 is 5.97 Å². The summed E-state index contributed by atoms with van der Waals surface area (Å²) in [5.74, 6) is -0.324. The van der Waals surface area contributed by atoms with E-state index in [2.05, 4.69) is 5.10 Å². The minimum absolute atomic E-state index is 0.0121. The van der Waals surface area contributed by atoms with E-state index < -0.39 is 4.92 Å². The third kappa shape index (κ3) is 2.66. The molecule has 84 valence electrons. The van der Waals surface area contributed by atoms with Gasteiger partial charge in [-0.25, -0.2) is 4.79 Å². The number of aromatic nitrogens is 2. The predicted octanol–water partition coefficient (Wildman–Crippen LogP) is 0.496. The maximum atomic E-state index is 11.2. The molecular weight excluding hydrogens is 214 g/mol. The molecule has 0 amide bonds. The first-order valence-electron chi connectivity index (χ1n) is 4.74. The van der Waals surface area contributed by atoms with E-state index >= 15 is 0 Å². The van der Waals surface area contributed by atoms with Crippen molar-refractivity contribution in [3.8, 4) is 0 Å². The fraction of sp³-hybridized carbons (Fsp3) is 0.333. The second-order valence-corrected chi connectivity index (χ2v) is 3.46. The van der Waals surface area contributed by atoms with Crippen molar-refractivity contribution in [1.82, 2.24) is 9.94 Å². The van der Waals surface area contributed by atoms with Crippen molar-refractivity contribution >= 4 is 12.0 Å². The quantitative estimate of drug-likeness (QED) is 0.547. The summed E-state index contributed by atoms with van der Waals surface area (Å²) in [7, 11) is 0. The monoisotopic (exact) mass is 223 g/mol. The zero-order chi connectivity index (χ0) is 11.5. The lowest BCUT2D eigenvalue weighted by Gasteiger charge is -1.99. The standard InChI is InChI=1S/C9H9N3O4/c13-9(8-1-2-8)16-11-6-7(5-10-11)3-4-12(14)15/h3-6,8H,1-2H2/b4-3+. The highest BCUT2D eigenvalue weighted by atomic mass is 16.7. The Labute approximate surface area is 90.4 Å². The van der Waals surface area contributed by atoms with Crippen LogP contribution in [0.15, 0.2) is 18.6 Å². The van der Waals surface area contributed by atoms with Gasteiger partial charge in [-0.05, 0) is 12.8 Å². The Morgan fingerprint density at radius 2 is 2.44 bits per heavy atom. The topological polar surface area (TPSA) is 87.3 Å². The second-order valence-electron chi connectivity index (χ2n) is 3.46. The van der Waals surface area contributed by atoms with Crippen LogP contribution in [0.4, 0.5) is 0 Å². The molecule has 7 heteroatoms. The highest BCUT2D eigenvalue weighted by Gasteiger charge is 2.32. The lowest BCUT2D eigenvalue weighted by Crippen LogP contribution is -2.21. The van der Waals surface area contributed by atoms with Gasteiger partial charge < -0.3 is 4.84 Å². The van der Waals surface area contributed by atoms with Gasteiger partial charge in [0.15, 0.2) is 0 Å². The van der Waals surface area contributed by atoms with Gasteiger partial charge in [0.05, 0.1) is 23.2 Å². The van der Waals surface area contributed by atoms with Gasteiger partial charge in [-0.1, -0.05) is 4.85 Å². The molecular formula is C9H9N3O4. The lowest BCUT2D eigenvalue weighted by molar-refractivity contribution is -0.400. The van der Waals surface area contributed by atoms with Crippen LogP contribution in [0.25, 0.3) is 6.08 Å². The van der Waals surface area contributed by atoms with Crippen molar-refractivity contribution in [1.29, 1.82) is 0 Å². The molecule has 2 rings (SSSR count). The van der Waals surface area contributed by atoms with Crippen molar-refractivity contribution in [3.05, 3.63) is 34.3 Å². The Morgan fingerprint density at radius 1 is 1.69 bits per heavy atom. The summed E-state index contributed by atoms with van der Waals surface area (Å²) >= 11 is 0. The molecule has 0 N–H and O–H groups in total. The van der Waals surface area contributed by atoms with Gasteiger partial charge in [0.25, 0.3) is 0 Å². The molecule has 0 atom stereocenters. The molecule has 0 spiro atoms. The Bertz CT molecular complexity index is 447. The predicted molar refractivity (Wildman–Crippen MR) is 52.6 cm³/mol. The van der Waals surface area contributed by atoms with Crippen molar-refractivity contribution < 1.29 is 14.6 Å². The van der Waals surface area contributed by atoms with E-state index in [0.29, 0.717) is 5.56 Å². The SMILES string of the molecule is O=C(On1cc(/C=C/[N+](=O)[O-])cn1)C1CC1. The average molecular weight is 223 g/mol.